The molecule has 0 aromatic rings. The van der Waals surface area contributed by atoms with Crippen LogP contribution in [-0.2, 0) is 4.79 Å². The van der Waals surface area contributed by atoms with Gasteiger partial charge < -0.3 is 0 Å². The van der Waals surface area contributed by atoms with Gasteiger partial charge in [-0.25, -0.2) is 0 Å². The van der Waals surface area contributed by atoms with Gasteiger partial charge in [0.1, 0.15) is 5.78 Å². The number of Topliss-reactive ketones (excluding diaryl/α,β-unsaturated/α-hetero) is 1. The second-order valence-corrected chi connectivity index (χ2v) is 4.57. The summed E-state index contributed by atoms with van der Waals surface area (Å²) in [5.41, 5.74) is 0. The first-order valence-corrected chi connectivity index (χ1v) is 5.30. The van der Waals surface area contributed by atoms with Crippen molar-refractivity contribution in [1.82, 2.24) is 0 Å². The van der Waals surface area contributed by atoms with Crippen molar-refractivity contribution in [2.45, 2.75) is 45.4 Å². The van der Waals surface area contributed by atoms with E-state index in [9.17, 15) is 4.79 Å². The molecular weight excluding hydrogens is 148 g/mol. The summed E-state index contributed by atoms with van der Waals surface area (Å²) in [6.07, 6.45) is 7.40. The monoisotopic (exact) mass is 166 g/mol. The van der Waals surface area contributed by atoms with E-state index in [1.165, 1.54) is 32.1 Å². The number of carbonyl (C=O) groups excluding carboxylic acids is 1. The highest BCUT2D eigenvalue weighted by Gasteiger charge is 2.32. The molecule has 2 rings (SSSR count). The minimum Gasteiger partial charge on any atom is -0.299 e. The van der Waals surface area contributed by atoms with Crippen molar-refractivity contribution in [3.8, 4) is 0 Å². The van der Waals surface area contributed by atoms with Crippen molar-refractivity contribution < 1.29 is 4.79 Å². The Bertz CT molecular complexity index is 177. The maximum atomic E-state index is 11.6. The topological polar surface area (TPSA) is 17.1 Å². The van der Waals surface area contributed by atoms with Crippen LogP contribution in [0.1, 0.15) is 45.4 Å². The Kier molecular flexibility index (Phi) is 2.20. The van der Waals surface area contributed by atoms with Crippen LogP contribution >= 0.6 is 0 Å². The number of hydrogen-bond donors (Lipinski definition) is 0. The van der Waals surface area contributed by atoms with Gasteiger partial charge in [-0.05, 0) is 31.1 Å². The van der Waals surface area contributed by atoms with Crippen LogP contribution in [0.3, 0.4) is 0 Å². The smallest absolute Gasteiger partial charge is 0.135 e. The van der Waals surface area contributed by atoms with Gasteiger partial charge >= 0.3 is 0 Å². The third-order valence-electron chi connectivity index (χ3n) is 3.33. The van der Waals surface area contributed by atoms with Crippen LogP contribution in [0.15, 0.2) is 0 Å². The van der Waals surface area contributed by atoms with E-state index >= 15 is 0 Å². The van der Waals surface area contributed by atoms with Crippen molar-refractivity contribution in [2.75, 3.05) is 0 Å². The number of carbonyl (C=O) groups is 1. The van der Waals surface area contributed by atoms with Crippen molar-refractivity contribution in [1.29, 1.82) is 0 Å². The van der Waals surface area contributed by atoms with Crippen molar-refractivity contribution in [3.05, 3.63) is 0 Å². The van der Waals surface area contributed by atoms with Gasteiger partial charge in [0.25, 0.3) is 0 Å². The highest BCUT2D eigenvalue weighted by molar-refractivity contribution is 5.81. The van der Waals surface area contributed by atoms with Gasteiger partial charge in [0.2, 0.25) is 0 Å². The van der Waals surface area contributed by atoms with Gasteiger partial charge in [-0.15, -0.1) is 0 Å². The van der Waals surface area contributed by atoms with E-state index in [4.69, 9.17) is 0 Å². The summed E-state index contributed by atoms with van der Waals surface area (Å²) in [6, 6.07) is 0. The molecule has 2 aliphatic carbocycles. The van der Waals surface area contributed by atoms with Crippen molar-refractivity contribution in [3.63, 3.8) is 0 Å². The van der Waals surface area contributed by atoms with E-state index in [1.54, 1.807) is 0 Å². The third kappa shape index (κ3) is 2.09. The predicted molar refractivity (Wildman–Crippen MR) is 48.9 cm³/mol. The summed E-state index contributed by atoms with van der Waals surface area (Å²) >= 11 is 0. The largest absolute Gasteiger partial charge is 0.299 e. The Morgan fingerprint density at radius 2 is 2.00 bits per heavy atom. The summed E-state index contributed by atoms with van der Waals surface area (Å²) in [5.74, 6) is 2.59. The lowest BCUT2D eigenvalue weighted by atomic mass is 9.97. The molecule has 2 aliphatic rings. The van der Waals surface area contributed by atoms with E-state index in [2.05, 4.69) is 6.92 Å². The minimum absolute atomic E-state index is 0.378. The van der Waals surface area contributed by atoms with Crippen LogP contribution in [0.5, 0.6) is 0 Å². The Balaban J connectivity index is 1.67. The lowest BCUT2D eigenvalue weighted by Gasteiger charge is -2.07. The van der Waals surface area contributed by atoms with Gasteiger partial charge in [-0.1, -0.05) is 19.8 Å². The van der Waals surface area contributed by atoms with Gasteiger partial charge in [0, 0.05) is 12.3 Å². The molecule has 2 saturated carbocycles. The molecule has 1 atom stereocenters. The molecular formula is C11H18O. The lowest BCUT2D eigenvalue weighted by Crippen LogP contribution is -2.12. The average molecular weight is 166 g/mol. The molecule has 1 nitrogen and oxygen atoms in total. The molecule has 0 N–H and O–H groups in total. The molecule has 1 unspecified atom stereocenters. The van der Waals surface area contributed by atoms with Gasteiger partial charge in [-0.3, -0.25) is 4.79 Å². The van der Waals surface area contributed by atoms with E-state index in [0.717, 1.165) is 18.3 Å². The van der Waals surface area contributed by atoms with Crippen LogP contribution in [0.25, 0.3) is 0 Å². The van der Waals surface area contributed by atoms with Gasteiger partial charge in [-0.2, -0.15) is 0 Å². The highest BCUT2D eigenvalue weighted by atomic mass is 16.1. The molecule has 0 heterocycles. The molecule has 12 heavy (non-hydrogen) atoms. The van der Waals surface area contributed by atoms with Crippen molar-refractivity contribution in [2.24, 2.45) is 17.8 Å². The Morgan fingerprint density at radius 3 is 2.50 bits per heavy atom. The normalized spacial score (nSPS) is 25.4. The average Bonchev–Trinajstić information content (AvgIpc) is 2.85. The number of hydrogen-bond acceptors (Lipinski definition) is 1. The SMILES string of the molecule is CC(C(=O)CCC1CC1)C1CC1. The fourth-order valence-electron chi connectivity index (χ4n) is 1.84. The van der Waals surface area contributed by atoms with Crippen LogP contribution in [0.2, 0.25) is 0 Å². The lowest BCUT2D eigenvalue weighted by molar-refractivity contribution is -0.123. The van der Waals surface area contributed by atoms with Crippen LogP contribution in [-0.4, -0.2) is 5.78 Å². The molecule has 0 spiro atoms. The van der Waals surface area contributed by atoms with Gasteiger partial charge in [0.15, 0.2) is 0 Å². The zero-order valence-corrected chi connectivity index (χ0v) is 7.88. The zero-order chi connectivity index (χ0) is 8.55. The fourth-order valence-corrected chi connectivity index (χ4v) is 1.84. The maximum absolute atomic E-state index is 11.6. The second-order valence-electron chi connectivity index (χ2n) is 4.57. The molecule has 0 aliphatic heterocycles. The molecule has 2 fully saturated rings. The quantitative estimate of drug-likeness (QED) is 0.613. The van der Waals surface area contributed by atoms with E-state index in [1.807, 2.05) is 0 Å². The standard InChI is InChI=1S/C11H18O/c1-8(10-5-6-10)11(12)7-4-9-2-3-9/h8-10H,2-7H2,1H3. The summed E-state index contributed by atoms with van der Waals surface area (Å²) < 4.78 is 0. The first-order chi connectivity index (χ1) is 5.77. The Labute approximate surface area is 74.5 Å². The highest BCUT2D eigenvalue weighted by Crippen LogP contribution is 2.39. The Morgan fingerprint density at radius 1 is 1.33 bits per heavy atom. The molecule has 0 saturated heterocycles. The van der Waals surface area contributed by atoms with Crippen molar-refractivity contribution >= 4 is 5.78 Å². The first kappa shape index (κ1) is 8.28. The minimum atomic E-state index is 0.378. The summed E-state index contributed by atoms with van der Waals surface area (Å²) in [4.78, 5) is 11.6. The zero-order valence-electron chi connectivity index (χ0n) is 7.88. The van der Waals surface area contributed by atoms with E-state index in [-0.39, 0.29) is 0 Å². The van der Waals surface area contributed by atoms with Crippen LogP contribution in [0, 0.1) is 17.8 Å². The predicted octanol–water partition coefficient (Wildman–Crippen LogP) is 2.79. The second kappa shape index (κ2) is 3.20. The molecule has 0 amide bonds. The molecule has 0 aromatic heterocycles. The molecule has 0 bridgehead atoms. The molecule has 68 valence electrons. The fraction of sp³-hybridized carbons (Fsp3) is 0.909. The molecule has 0 radical (unpaired) electrons. The van der Waals surface area contributed by atoms with Crippen LogP contribution in [0.4, 0.5) is 0 Å². The van der Waals surface area contributed by atoms with Gasteiger partial charge in [0.05, 0.1) is 0 Å². The maximum Gasteiger partial charge on any atom is 0.135 e. The summed E-state index contributed by atoms with van der Waals surface area (Å²) in [7, 11) is 0. The number of rotatable bonds is 5. The summed E-state index contributed by atoms with van der Waals surface area (Å²) in [6.45, 7) is 2.12. The molecule has 0 aromatic carbocycles. The molecule has 1 heteroatoms. The number of ketones is 1. The van der Waals surface area contributed by atoms with Crippen LogP contribution < -0.4 is 0 Å². The first-order valence-electron chi connectivity index (χ1n) is 5.30. The third-order valence-corrected chi connectivity index (χ3v) is 3.33. The van der Waals surface area contributed by atoms with E-state index < -0.39 is 0 Å². The Hall–Kier alpha value is -0.330. The summed E-state index contributed by atoms with van der Waals surface area (Å²) in [5, 5.41) is 0. The van der Waals surface area contributed by atoms with E-state index in [0.29, 0.717) is 11.7 Å².